The third kappa shape index (κ3) is 4.55. The van der Waals surface area contributed by atoms with E-state index in [0.717, 1.165) is 0 Å². The number of hydrogen-bond acceptors (Lipinski definition) is 4. The molecule has 1 rings (SSSR count). The van der Waals surface area contributed by atoms with Crippen LogP contribution in [0.3, 0.4) is 0 Å². The van der Waals surface area contributed by atoms with Crippen LogP contribution in [-0.2, 0) is 14.6 Å². The van der Waals surface area contributed by atoms with Crippen LogP contribution in [0, 0.1) is 6.92 Å². The van der Waals surface area contributed by atoms with E-state index in [1.165, 1.54) is 6.07 Å². The summed E-state index contributed by atoms with van der Waals surface area (Å²) in [5, 5.41) is 2.63. The summed E-state index contributed by atoms with van der Waals surface area (Å²) in [4.78, 5) is 11.8. The van der Waals surface area contributed by atoms with Gasteiger partial charge in [-0.1, -0.05) is 6.07 Å². The van der Waals surface area contributed by atoms with E-state index in [0.29, 0.717) is 11.3 Å². The molecule has 0 aromatic heterocycles. The van der Waals surface area contributed by atoms with Crippen molar-refractivity contribution in [2.45, 2.75) is 38.1 Å². The predicted octanol–water partition coefficient (Wildman–Crippen LogP) is 1.27. The predicted molar refractivity (Wildman–Crippen MR) is 75.5 cm³/mol. The molecule has 0 aliphatic carbocycles. The second-order valence-corrected chi connectivity index (χ2v) is 7.54. The molecule has 0 saturated heterocycles. The second kappa shape index (κ2) is 5.21. The molecule has 0 spiro atoms. The molecule has 0 fully saturated rings. The molecule has 106 valence electrons. The Morgan fingerprint density at radius 3 is 2.42 bits per heavy atom. The Morgan fingerprint density at radius 2 is 1.89 bits per heavy atom. The number of nitrogens with two attached hydrogens (primary N) is 1. The highest BCUT2D eigenvalue weighted by Gasteiger charge is 2.23. The van der Waals surface area contributed by atoms with Gasteiger partial charge in [-0.05, 0) is 45.4 Å². The molecule has 19 heavy (non-hydrogen) atoms. The second-order valence-electron chi connectivity index (χ2n) is 5.58. The molecule has 0 aliphatic heterocycles. The molecule has 0 unspecified atom stereocenters. The van der Waals surface area contributed by atoms with Crippen molar-refractivity contribution in [3.8, 4) is 0 Å². The summed E-state index contributed by atoms with van der Waals surface area (Å²) >= 11 is 0. The largest absolute Gasteiger partial charge is 0.399 e. The van der Waals surface area contributed by atoms with E-state index in [9.17, 15) is 13.2 Å². The molecule has 1 aromatic carbocycles. The third-order valence-electron chi connectivity index (χ3n) is 2.38. The highest BCUT2D eigenvalue weighted by Crippen LogP contribution is 2.19. The smallest absolute Gasteiger partial charge is 0.235 e. The lowest BCUT2D eigenvalue weighted by Crippen LogP contribution is -2.43. The van der Waals surface area contributed by atoms with Gasteiger partial charge in [0.1, 0.15) is 5.75 Å². The number of carbonyl (C=O) groups is 1. The number of amides is 1. The number of nitrogens with one attached hydrogen (secondary N) is 1. The molecule has 1 amide bonds. The molecular weight excluding hydrogens is 264 g/mol. The van der Waals surface area contributed by atoms with E-state index in [2.05, 4.69) is 5.32 Å². The van der Waals surface area contributed by atoms with Crippen molar-refractivity contribution >= 4 is 21.4 Å². The molecule has 5 nitrogen and oxygen atoms in total. The number of hydrogen-bond donors (Lipinski definition) is 2. The maximum absolute atomic E-state index is 12.2. The van der Waals surface area contributed by atoms with E-state index >= 15 is 0 Å². The first kappa shape index (κ1) is 15.5. The highest BCUT2D eigenvalue weighted by atomic mass is 32.2. The third-order valence-corrected chi connectivity index (χ3v) is 4.13. The fourth-order valence-electron chi connectivity index (χ4n) is 1.66. The average molecular weight is 284 g/mol. The topological polar surface area (TPSA) is 89.3 Å². The summed E-state index contributed by atoms with van der Waals surface area (Å²) in [5.41, 5.74) is 6.07. The summed E-state index contributed by atoms with van der Waals surface area (Å²) in [6.45, 7) is 7.06. The van der Waals surface area contributed by atoms with Crippen LogP contribution in [0.2, 0.25) is 0 Å². The average Bonchev–Trinajstić information content (AvgIpc) is 2.17. The van der Waals surface area contributed by atoms with Gasteiger partial charge in [0.25, 0.3) is 0 Å². The SMILES string of the molecule is Cc1ccc(N)cc1S(=O)(=O)CC(=O)NC(C)(C)C. The summed E-state index contributed by atoms with van der Waals surface area (Å²) in [6.07, 6.45) is 0. The zero-order valence-corrected chi connectivity index (χ0v) is 12.5. The van der Waals surface area contributed by atoms with E-state index in [4.69, 9.17) is 5.73 Å². The highest BCUT2D eigenvalue weighted by molar-refractivity contribution is 7.92. The van der Waals surface area contributed by atoms with E-state index in [1.54, 1.807) is 39.8 Å². The van der Waals surface area contributed by atoms with Crippen LogP contribution < -0.4 is 11.1 Å². The molecular formula is C13H20N2O3S. The van der Waals surface area contributed by atoms with Crippen molar-refractivity contribution in [3.05, 3.63) is 23.8 Å². The van der Waals surface area contributed by atoms with Gasteiger partial charge in [-0.3, -0.25) is 4.79 Å². The van der Waals surface area contributed by atoms with Crippen LogP contribution in [0.5, 0.6) is 0 Å². The van der Waals surface area contributed by atoms with Crippen molar-refractivity contribution < 1.29 is 13.2 Å². The Kier molecular flexibility index (Phi) is 4.25. The Bertz CT molecular complexity index is 586. The first-order valence-electron chi connectivity index (χ1n) is 5.91. The Morgan fingerprint density at radius 1 is 1.32 bits per heavy atom. The van der Waals surface area contributed by atoms with Gasteiger partial charge in [0.2, 0.25) is 5.91 Å². The zero-order valence-electron chi connectivity index (χ0n) is 11.6. The van der Waals surface area contributed by atoms with Crippen LogP contribution in [0.15, 0.2) is 23.1 Å². The van der Waals surface area contributed by atoms with Gasteiger partial charge in [0, 0.05) is 11.2 Å². The van der Waals surface area contributed by atoms with Crippen LogP contribution >= 0.6 is 0 Å². The molecule has 0 bridgehead atoms. The number of benzene rings is 1. The van der Waals surface area contributed by atoms with Crippen LogP contribution in [0.1, 0.15) is 26.3 Å². The van der Waals surface area contributed by atoms with Crippen molar-refractivity contribution in [3.63, 3.8) is 0 Å². The minimum absolute atomic E-state index is 0.108. The molecule has 0 aliphatic rings. The first-order chi connectivity index (χ1) is 8.51. The van der Waals surface area contributed by atoms with E-state index < -0.39 is 27.0 Å². The minimum Gasteiger partial charge on any atom is -0.399 e. The Labute approximate surface area is 114 Å². The van der Waals surface area contributed by atoms with Crippen LogP contribution in [0.4, 0.5) is 5.69 Å². The zero-order chi connectivity index (χ0) is 14.8. The Hall–Kier alpha value is -1.56. The lowest BCUT2D eigenvalue weighted by Gasteiger charge is -2.20. The first-order valence-corrected chi connectivity index (χ1v) is 7.56. The lowest BCUT2D eigenvalue weighted by molar-refractivity contribution is -0.120. The van der Waals surface area contributed by atoms with Crippen molar-refractivity contribution in [1.29, 1.82) is 0 Å². The normalized spacial score (nSPS) is 12.2. The monoisotopic (exact) mass is 284 g/mol. The Balaban J connectivity index is 2.99. The maximum atomic E-state index is 12.2. The number of carbonyl (C=O) groups excluding carboxylic acids is 1. The van der Waals surface area contributed by atoms with Crippen molar-refractivity contribution in [2.75, 3.05) is 11.5 Å². The van der Waals surface area contributed by atoms with Gasteiger partial charge in [-0.2, -0.15) is 0 Å². The van der Waals surface area contributed by atoms with Gasteiger partial charge in [-0.25, -0.2) is 8.42 Å². The number of anilines is 1. The summed E-state index contributed by atoms with van der Waals surface area (Å²) in [6, 6.07) is 4.64. The maximum Gasteiger partial charge on any atom is 0.235 e. The van der Waals surface area contributed by atoms with Gasteiger partial charge in [0.05, 0.1) is 4.90 Å². The molecule has 1 aromatic rings. The number of nitrogen functional groups attached to an aromatic ring is 1. The summed E-state index contributed by atoms with van der Waals surface area (Å²) in [7, 11) is -3.68. The molecule has 6 heteroatoms. The molecule has 3 N–H and O–H groups in total. The van der Waals surface area contributed by atoms with Gasteiger partial charge < -0.3 is 11.1 Å². The molecule has 0 radical (unpaired) electrons. The number of aryl methyl sites for hydroxylation is 1. The van der Waals surface area contributed by atoms with E-state index in [1.807, 2.05) is 0 Å². The van der Waals surface area contributed by atoms with Crippen LogP contribution in [-0.4, -0.2) is 25.6 Å². The summed E-state index contributed by atoms with van der Waals surface area (Å²) < 4.78 is 24.4. The van der Waals surface area contributed by atoms with E-state index in [-0.39, 0.29) is 4.90 Å². The fourth-order valence-corrected chi connectivity index (χ4v) is 3.10. The quantitative estimate of drug-likeness (QED) is 0.818. The fraction of sp³-hybridized carbons (Fsp3) is 0.462. The van der Waals surface area contributed by atoms with Gasteiger partial charge in [-0.15, -0.1) is 0 Å². The van der Waals surface area contributed by atoms with Gasteiger partial charge in [0.15, 0.2) is 9.84 Å². The standard InChI is InChI=1S/C13H20N2O3S/c1-9-5-6-10(14)7-11(9)19(17,18)8-12(16)15-13(2,3)4/h5-7H,8,14H2,1-4H3,(H,15,16). The number of sulfone groups is 1. The summed E-state index contributed by atoms with van der Waals surface area (Å²) in [5.74, 6) is -1.09. The van der Waals surface area contributed by atoms with Crippen molar-refractivity contribution in [2.24, 2.45) is 0 Å². The van der Waals surface area contributed by atoms with Gasteiger partial charge >= 0.3 is 0 Å². The molecule has 0 atom stereocenters. The van der Waals surface area contributed by atoms with Crippen molar-refractivity contribution in [1.82, 2.24) is 5.32 Å². The lowest BCUT2D eigenvalue weighted by atomic mass is 10.1. The molecule has 0 saturated carbocycles. The molecule has 0 heterocycles. The van der Waals surface area contributed by atoms with Crippen LogP contribution in [0.25, 0.3) is 0 Å². The number of rotatable bonds is 3. The minimum atomic E-state index is -3.68.